The van der Waals surface area contributed by atoms with Gasteiger partial charge in [0.05, 0.1) is 17.2 Å². The van der Waals surface area contributed by atoms with Crippen LogP contribution in [0.5, 0.6) is 0 Å². The molecule has 0 aliphatic heterocycles. The van der Waals surface area contributed by atoms with Crippen molar-refractivity contribution in [1.82, 2.24) is 4.90 Å². The summed E-state index contributed by atoms with van der Waals surface area (Å²) >= 11 is 1.54. The Hall–Kier alpha value is -3.73. The highest BCUT2D eigenvalue weighted by Gasteiger charge is 2.30. The maximum absolute atomic E-state index is 13.0. The van der Waals surface area contributed by atoms with Gasteiger partial charge >= 0.3 is 6.18 Å². The predicted octanol–water partition coefficient (Wildman–Crippen LogP) is 7.56. The van der Waals surface area contributed by atoms with Crippen LogP contribution < -0.4 is 5.73 Å². The van der Waals surface area contributed by atoms with E-state index in [2.05, 4.69) is 11.0 Å². The quantitative estimate of drug-likeness (QED) is 0.262. The van der Waals surface area contributed by atoms with Gasteiger partial charge in [-0.15, -0.1) is 11.8 Å². The lowest BCUT2D eigenvalue weighted by Gasteiger charge is -2.24. The van der Waals surface area contributed by atoms with Gasteiger partial charge in [0.1, 0.15) is 0 Å². The molecule has 0 fully saturated rings. The van der Waals surface area contributed by atoms with Gasteiger partial charge in [0.2, 0.25) is 0 Å². The van der Waals surface area contributed by atoms with Crippen molar-refractivity contribution in [3.63, 3.8) is 0 Å². The molecule has 3 nitrogen and oxygen atoms in total. The number of nitrogens with two attached hydrogens (primary N) is 1. The SMILES string of the molecule is CS/C(=C\N)CN(Cc1ccc(C(F)(F)F)cc1)Cc1ccc(C#N)c(-c2cccc3ccccc23)c1. The lowest BCUT2D eigenvalue weighted by Crippen LogP contribution is -2.25. The molecule has 0 aromatic heterocycles. The Morgan fingerprint density at radius 1 is 0.919 bits per heavy atom. The topological polar surface area (TPSA) is 53.0 Å². The van der Waals surface area contributed by atoms with Gasteiger partial charge < -0.3 is 5.73 Å². The van der Waals surface area contributed by atoms with Gasteiger partial charge in [-0.2, -0.15) is 18.4 Å². The first-order valence-electron chi connectivity index (χ1n) is 11.7. The standard InChI is InChI=1S/C30H26F3N3S/c1-37-26(17-35)20-36(18-21-10-13-25(14-11-21)30(31,32)33)19-22-9-12-24(16-34)29(15-22)28-8-4-6-23-5-2-3-7-27(23)28/h2-15,17H,18-20,35H2,1H3/b26-17-. The summed E-state index contributed by atoms with van der Waals surface area (Å²) in [7, 11) is 0. The molecule has 7 heteroatoms. The Balaban J connectivity index is 1.68. The van der Waals surface area contributed by atoms with Crippen LogP contribution in [-0.4, -0.2) is 17.7 Å². The zero-order valence-corrected chi connectivity index (χ0v) is 21.1. The summed E-state index contributed by atoms with van der Waals surface area (Å²) in [6.45, 7) is 1.52. The Labute approximate surface area is 219 Å². The normalized spacial score (nSPS) is 12.2. The van der Waals surface area contributed by atoms with Gasteiger partial charge in [0.25, 0.3) is 0 Å². The Bertz CT molecular complexity index is 1450. The summed E-state index contributed by atoms with van der Waals surface area (Å²) in [6.07, 6.45) is -0.868. The lowest BCUT2D eigenvalue weighted by molar-refractivity contribution is -0.137. The zero-order chi connectivity index (χ0) is 26.4. The molecule has 0 bridgehead atoms. The fraction of sp³-hybridized carbons (Fsp3) is 0.167. The number of benzene rings is 4. The number of halogens is 3. The van der Waals surface area contributed by atoms with E-state index in [9.17, 15) is 18.4 Å². The van der Waals surface area contributed by atoms with Crippen LogP contribution in [0.15, 0.2) is 96.0 Å². The van der Waals surface area contributed by atoms with Gasteiger partial charge in [0.15, 0.2) is 0 Å². The molecule has 0 radical (unpaired) electrons. The van der Waals surface area contributed by atoms with Crippen LogP contribution in [0, 0.1) is 11.3 Å². The summed E-state index contributed by atoms with van der Waals surface area (Å²) < 4.78 is 39.0. The molecule has 188 valence electrons. The van der Waals surface area contributed by atoms with Crippen LogP contribution in [-0.2, 0) is 19.3 Å². The fourth-order valence-corrected chi connectivity index (χ4v) is 4.81. The number of nitrogens with zero attached hydrogens (tertiary/aromatic N) is 2. The van der Waals surface area contributed by atoms with E-state index < -0.39 is 11.7 Å². The minimum absolute atomic E-state index is 0.444. The highest BCUT2D eigenvalue weighted by Crippen LogP contribution is 2.33. The number of fused-ring (bicyclic) bond motifs is 1. The summed E-state index contributed by atoms with van der Waals surface area (Å²) in [5.41, 5.74) is 9.33. The van der Waals surface area contributed by atoms with Crippen molar-refractivity contribution in [2.24, 2.45) is 5.73 Å². The van der Waals surface area contributed by atoms with Crippen LogP contribution in [0.3, 0.4) is 0 Å². The van der Waals surface area contributed by atoms with E-state index in [1.165, 1.54) is 23.9 Å². The van der Waals surface area contributed by atoms with Gasteiger partial charge in [-0.25, -0.2) is 0 Å². The van der Waals surface area contributed by atoms with Crippen molar-refractivity contribution in [1.29, 1.82) is 5.26 Å². The first-order chi connectivity index (χ1) is 17.8. The molecule has 4 rings (SSSR count). The molecule has 2 N–H and O–H groups in total. The molecule has 0 atom stereocenters. The van der Waals surface area contributed by atoms with Gasteiger partial charge in [-0.3, -0.25) is 4.90 Å². The van der Waals surface area contributed by atoms with Crippen molar-refractivity contribution >= 4 is 22.5 Å². The smallest absolute Gasteiger partial charge is 0.404 e. The summed E-state index contributed by atoms with van der Waals surface area (Å²) in [6, 6.07) is 27.5. The Morgan fingerprint density at radius 2 is 1.59 bits per heavy atom. The highest BCUT2D eigenvalue weighted by molar-refractivity contribution is 8.02. The maximum atomic E-state index is 13.0. The number of hydrogen-bond donors (Lipinski definition) is 1. The van der Waals surface area contributed by atoms with Gasteiger partial charge in [-0.05, 0) is 58.0 Å². The number of rotatable bonds is 8. The van der Waals surface area contributed by atoms with Crippen LogP contribution >= 0.6 is 11.8 Å². The van der Waals surface area contributed by atoms with Crippen molar-refractivity contribution in [2.45, 2.75) is 19.3 Å². The zero-order valence-electron chi connectivity index (χ0n) is 20.3. The van der Waals surface area contributed by atoms with E-state index in [1.807, 2.05) is 66.9 Å². The van der Waals surface area contributed by atoms with E-state index in [0.29, 0.717) is 25.2 Å². The van der Waals surface area contributed by atoms with Crippen molar-refractivity contribution in [3.8, 4) is 17.2 Å². The fourth-order valence-electron chi connectivity index (χ4n) is 4.36. The Kier molecular flexibility index (Phi) is 8.22. The molecule has 0 saturated heterocycles. The van der Waals surface area contributed by atoms with E-state index in [-0.39, 0.29) is 0 Å². The van der Waals surface area contributed by atoms with E-state index in [4.69, 9.17) is 5.73 Å². The van der Waals surface area contributed by atoms with Crippen molar-refractivity contribution in [3.05, 3.63) is 118 Å². The van der Waals surface area contributed by atoms with Crippen LogP contribution in [0.2, 0.25) is 0 Å². The monoisotopic (exact) mass is 517 g/mol. The number of nitriles is 1. The van der Waals surface area contributed by atoms with E-state index in [0.717, 1.165) is 50.1 Å². The molecule has 0 aliphatic carbocycles. The van der Waals surface area contributed by atoms with Crippen LogP contribution in [0.25, 0.3) is 21.9 Å². The highest BCUT2D eigenvalue weighted by atomic mass is 32.2. The molecule has 0 saturated carbocycles. The molecular formula is C30H26F3N3S. The molecule has 4 aromatic carbocycles. The average Bonchev–Trinajstić information content (AvgIpc) is 2.91. The van der Waals surface area contributed by atoms with Gasteiger partial charge in [0, 0.05) is 36.3 Å². The number of hydrogen-bond acceptors (Lipinski definition) is 4. The summed E-state index contributed by atoms with van der Waals surface area (Å²) in [4.78, 5) is 3.08. The molecule has 37 heavy (non-hydrogen) atoms. The van der Waals surface area contributed by atoms with Crippen molar-refractivity contribution < 1.29 is 13.2 Å². The third kappa shape index (κ3) is 6.34. The third-order valence-corrected chi connectivity index (χ3v) is 6.99. The molecule has 0 spiro atoms. The molecule has 0 aliphatic rings. The minimum atomic E-state index is -4.37. The second kappa shape index (κ2) is 11.5. The molecular weight excluding hydrogens is 491 g/mol. The third-order valence-electron chi connectivity index (χ3n) is 6.21. The van der Waals surface area contributed by atoms with E-state index >= 15 is 0 Å². The number of alkyl halides is 3. The molecule has 0 amide bonds. The first-order valence-corrected chi connectivity index (χ1v) is 12.9. The van der Waals surface area contributed by atoms with Crippen molar-refractivity contribution in [2.75, 3.05) is 12.8 Å². The molecule has 4 aromatic rings. The predicted molar refractivity (Wildman–Crippen MR) is 145 cm³/mol. The largest absolute Gasteiger partial charge is 0.416 e. The minimum Gasteiger partial charge on any atom is -0.404 e. The van der Waals surface area contributed by atoms with Crippen LogP contribution in [0.4, 0.5) is 13.2 Å². The average molecular weight is 518 g/mol. The first kappa shape index (κ1) is 26.3. The molecule has 0 unspecified atom stereocenters. The summed E-state index contributed by atoms with van der Waals surface area (Å²) in [5.74, 6) is 0. The van der Waals surface area contributed by atoms with Crippen LogP contribution in [0.1, 0.15) is 22.3 Å². The maximum Gasteiger partial charge on any atom is 0.416 e. The number of thioether (sulfide) groups is 1. The Morgan fingerprint density at radius 3 is 2.27 bits per heavy atom. The molecule has 0 heterocycles. The summed E-state index contributed by atoms with van der Waals surface area (Å²) in [5, 5.41) is 12.0. The second-order valence-electron chi connectivity index (χ2n) is 8.70. The lowest BCUT2D eigenvalue weighted by atomic mass is 9.93. The van der Waals surface area contributed by atoms with E-state index in [1.54, 1.807) is 6.20 Å². The van der Waals surface area contributed by atoms with Gasteiger partial charge in [-0.1, -0.05) is 60.7 Å². The second-order valence-corrected chi connectivity index (χ2v) is 9.63.